The molecule has 0 aliphatic rings. The number of halogens is 2. The Hall–Kier alpha value is -3.43. The number of amides is 1. The van der Waals surface area contributed by atoms with Gasteiger partial charge in [0, 0.05) is 16.6 Å². The molecule has 0 spiro atoms. The second-order valence-electron chi connectivity index (χ2n) is 6.70. The van der Waals surface area contributed by atoms with Crippen LogP contribution in [-0.2, 0) is 11.2 Å². The molecule has 0 saturated heterocycles. The average molecular weight is 479 g/mol. The van der Waals surface area contributed by atoms with Gasteiger partial charge in [0.1, 0.15) is 23.2 Å². The Kier molecular flexibility index (Phi) is 7.58. The summed E-state index contributed by atoms with van der Waals surface area (Å²) < 4.78 is 20.7. The summed E-state index contributed by atoms with van der Waals surface area (Å²) in [6.07, 6.45) is 1.88. The number of nitrogens with zero attached hydrogens (tertiary/aromatic N) is 1. The van der Waals surface area contributed by atoms with Crippen LogP contribution in [0.5, 0.6) is 5.75 Å². The molecule has 0 radical (unpaired) electrons. The van der Waals surface area contributed by atoms with E-state index in [9.17, 15) is 14.4 Å². The molecule has 0 atom stereocenters. The second kappa shape index (κ2) is 10.6. The molecule has 4 nitrogen and oxygen atoms in total. The van der Waals surface area contributed by atoms with E-state index in [1.807, 2.05) is 19.1 Å². The van der Waals surface area contributed by atoms with E-state index >= 15 is 0 Å². The van der Waals surface area contributed by atoms with Crippen LogP contribution in [0.25, 0.3) is 6.08 Å². The standard InChI is InChI=1S/C25H20BrFN2O2/c1-2-31-24-14-17(7-8-19(24)15-18-5-3-4-6-23(18)27)13-20(16-28)25(30)29-22-11-9-21(26)10-12-22/h3-14H,2,15H2,1H3,(H,29,30)/b20-13+. The molecule has 0 heterocycles. The van der Waals surface area contributed by atoms with Gasteiger partial charge in [-0.05, 0) is 66.1 Å². The van der Waals surface area contributed by atoms with Gasteiger partial charge in [-0.3, -0.25) is 4.79 Å². The van der Waals surface area contributed by atoms with Gasteiger partial charge in [-0.25, -0.2) is 4.39 Å². The van der Waals surface area contributed by atoms with Crippen LogP contribution in [0.4, 0.5) is 10.1 Å². The highest BCUT2D eigenvalue weighted by Crippen LogP contribution is 2.26. The van der Waals surface area contributed by atoms with Crippen LogP contribution in [0, 0.1) is 17.1 Å². The summed E-state index contributed by atoms with van der Waals surface area (Å²) >= 11 is 3.34. The van der Waals surface area contributed by atoms with Gasteiger partial charge in [0.2, 0.25) is 0 Å². The number of nitriles is 1. The van der Waals surface area contributed by atoms with Crippen molar-refractivity contribution in [2.75, 3.05) is 11.9 Å². The van der Waals surface area contributed by atoms with E-state index in [2.05, 4.69) is 21.2 Å². The Morgan fingerprint density at radius 1 is 1.13 bits per heavy atom. The van der Waals surface area contributed by atoms with Crippen LogP contribution >= 0.6 is 15.9 Å². The zero-order valence-corrected chi connectivity index (χ0v) is 18.4. The minimum atomic E-state index is -0.502. The van der Waals surface area contributed by atoms with Crippen LogP contribution in [0.3, 0.4) is 0 Å². The molecule has 0 aliphatic carbocycles. The van der Waals surface area contributed by atoms with Gasteiger partial charge in [0.05, 0.1) is 6.61 Å². The van der Waals surface area contributed by atoms with E-state index in [0.29, 0.717) is 35.6 Å². The van der Waals surface area contributed by atoms with Gasteiger partial charge in [-0.15, -0.1) is 0 Å². The summed E-state index contributed by atoms with van der Waals surface area (Å²) in [6, 6.07) is 21.0. The van der Waals surface area contributed by atoms with E-state index in [1.54, 1.807) is 54.6 Å². The lowest BCUT2D eigenvalue weighted by atomic mass is 10.0. The van der Waals surface area contributed by atoms with Gasteiger partial charge < -0.3 is 10.1 Å². The summed E-state index contributed by atoms with van der Waals surface area (Å²) in [5.41, 5.74) is 2.58. The lowest BCUT2D eigenvalue weighted by Crippen LogP contribution is -2.13. The zero-order chi connectivity index (χ0) is 22.2. The van der Waals surface area contributed by atoms with Crippen molar-refractivity contribution in [2.45, 2.75) is 13.3 Å². The number of rotatable bonds is 7. The number of hydrogen-bond acceptors (Lipinski definition) is 3. The van der Waals surface area contributed by atoms with E-state index in [-0.39, 0.29) is 11.4 Å². The molecular formula is C25H20BrFN2O2. The zero-order valence-electron chi connectivity index (χ0n) is 16.9. The van der Waals surface area contributed by atoms with Crippen molar-refractivity contribution in [2.24, 2.45) is 0 Å². The quantitative estimate of drug-likeness (QED) is 0.328. The first-order valence-electron chi connectivity index (χ1n) is 9.68. The van der Waals surface area contributed by atoms with Crippen molar-refractivity contribution in [3.63, 3.8) is 0 Å². The monoisotopic (exact) mass is 478 g/mol. The van der Waals surface area contributed by atoms with Gasteiger partial charge in [-0.1, -0.05) is 46.3 Å². The Bertz CT molecular complexity index is 1150. The fourth-order valence-electron chi connectivity index (χ4n) is 2.99. The highest BCUT2D eigenvalue weighted by Gasteiger charge is 2.12. The molecule has 0 unspecified atom stereocenters. The van der Waals surface area contributed by atoms with E-state index in [0.717, 1.165) is 10.0 Å². The normalized spacial score (nSPS) is 11.0. The molecular weight excluding hydrogens is 459 g/mol. The molecule has 156 valence electrons. The number of anilines is 1. The van der Waals surface area contributed by atoms with Crippen molar-refractivity contribution in [3.05, 3.63) is 99.3 Å². The lowest BCUT2D eigenvalue weighted by molar-refractivity contribution is -0.112. The first-order valence-corrected chi connectivity index (χ1v) is 10.5. The van der Waals surface area contributed by atoms with Crippen molar-refractivity contribution in [1.29, 1.82) is 5.26 Å². The maximum Gasteiger partial charge on any atom is 0.266 e. The van der Waals surface area contributed by atoms with Crippen LogP contribution in [0.1, 0.15) is 23.6 Å². The van der Waals surface area contributed by atoms with E-state index < -0.39 is 5.91 Å². The summed E-state index contributed by atoms with van der Waals surface area (Å²) in [5, 5.41) is 12.2. The predicted octanol–water partition coefficient (Wildman–Crippen LogP) is 6.12. The fourth-order valence-corrected chi connectivity index (χ4v) is 3.26. The molecule has 0 aliphatic heterocycles. The van der Waals surface area contributed by atoms with Gasteiger partial charge >= 0.3 is 0 Å². The molecule has 3 rings (SSSR count). The summed E-state index contributed by atoms with van der Waals surface area (Å²) in [4.78, 5) is 12.5. The number of hydrogen-bond donors (Lipinski definition) is 1. The third-order valence-corrected chi connectivity index (χ3v) is 5.04. The van der Waals surface area contributed by atoms with Crippen molar-refractivity contribution in [3.8, 4) is 11.8 Å². The van der Waals surface area contributed by atoms with Gasteiger partial charge in [0.15, 0.2) is 0 Å². The minimum Gasteiger partial charge on any atom is -0.494 e. The van der Waals surface area contributed by atoms with E-state index in [4.69, 9.17) is 4.74 Å². The molecule has 0 aromatic heterocycles. The summed E-state index contributed by atoms with van der Waals surface area (Å²) in [6.45, 7) is 2.30. The Morgan fingerprint density at radius 3 is 2.55 bits per heavy atom. The number of carbonyl (C=O) groups excluding carboxylic acids is 1. The van der Waals surface area contributed by atoms with Crippen molar-refractivity contribution >= 4 is 33.6 Å². The molecule has 3 aromatic rings. The van der Waals surface area contributed by atoms with E-state index in [1.165, 1.54) is 12.1 Å². The fraction of sp³-hybridized carbons (Fsp3) is 0.120. The molecule has 1 N–H and O–H groups in total. The number of ether oxygens (including phenoxy) is 1. The van der Waals surface area contributed by atoms with Crippen LogP contribution in [0.15, 0.2) is 76.8 Å². The Labute approximate surface area is 189 Å². The van der Waals surface area contributed by atoms with Gasteiger partial charge in [-0.2, -0.15) is 5.26 Å². The first-order chi connectivity index (χ1) is 15.0. The minimum absolute atomic E-state index is 0.0350. The summed E-state index contributed by atoms with van der Waals surface area (Å²) in [7, 11) is 0. The van der Waals surface area contributed by atoms with Gasteiger partial charge in [0.25, 0.3) is 5.91 Å². The first kappa shape index (κ1) is 22.3. The second-order valence-corrected chi connectivity index (χ2v) is 7.61. The number of nitrogens with one attached hydrogen (secondary N) is 1. The highest BCUT2D eigenvalue weighted by atomic mass is 79.9. The predicted molar refractivity (Wildman–Crippen MR) is 123 cm³/mol. The van der Waals surface area contributed by atoms with Crippen molar-refractivity contribution in [1.82, 2.24) is 0 Å². The molecule has 0 saturated carbocycles. The number of carbonyl (C=O) groups is 1. The van der Waals surface area contributed by atoms with Crippen LogP contribution < -0.4 is 10.1 Å². The SMILES string of the molecule is CCOc1cc(/C=C(\C#N)C(=O)Nc2ccc(Br)cc2)ccc1Cc1ccccc1F. The van der Waals surface area contributed by atoms with Crippen molar-refractivity contribution < 1.29 is 13.9 Å². The van der Waals surface area contributed by atoms with Crippen LogP contribution in [-0.4, -0.2) is 12.5 Å². The molecule has 0 bridgehead atoms. The topological polar surface area (TPSA) is 62.1 Å². The largest absolute Gasteiger partial charge is 0.494 e. The average Bonchev–Trinajstić information content (AvgIpc) is 2.77. The highest BCUT2D eigenvalue weighted by molar-refractivity contribution is 9.10. The lowest BCUT2D eigenvalue weighted by Gasteiger charge is -2.12. The maximum absolute atomic E-state index is 14.0. The molecule has 3 aromatic carbocycles. The third-order valence-electron chi connectivity index (χ3n) is 4.51. The Balaban J connectivity index is 1.85. The molecule has 1 amide bonds. The maximum atomic E-state index is 14.0. The molecule has 31 heavy (non-hydrogen) atoms. The third kappa shape index (κ3) is 6.03. The smallest absolute Gasteiger partial charge is 0.266 e. The molecule has 0 fully saturated rings. The van der Waals surface area contributed by atoms with Crippen LogP contribution in [0.2, 0.25) is 0 Å². The molecule has 6 heteroatoms. The number of benzene rings is 3. The Morgan fingerprint density at radius 2 is 1.87 bits per heavy atom. The summed E-state index contributed by atoms with van der Waals surface area (Å²) in [5.74, 6) is -0.186.